The summed E-state index contributed by atoms with van der Waals surface area (Å²) in [5, 5.41) is 11.2. The molecule has 0 saturated carbocycles. The topological polar surface area (TPSA) is 70.0 Å². The lowest BCUT2D eigenvalue weighted by Gasteiger charge is -2.03. The molecule has 0 bridgehead atoms. The highest BCUT2D eigenvalue weighted by molar-refractivity contribution is 6.03. The van der Waals surface area contributed by atoms with E-state index in [4.69, 9.17) is 5.26 Å². The van der Waals surface area contributed by atoms with Gasteiger partial charge in [-0.1, -0.05) is 6.07 Å². The third-order valence-corrected chi connectivity index (χ3v) is 1.68. The summed E-state index contributed by atoms with van der Waals surface area (Å²) in [7, 11) is 0. The van der Waals surface area contributed by atoms with Gasteiger partial charge >= 0.3 is 0 Å². The predicted octanol–water partition coefficient (Wildman–Crippen LogP) is 1.48. The molecule has 0 aromatic heterocycles. The van der Waals surface area contributed by atoms with Gasteiger partial charge < -0.3 is 5.32 Å². The molecule has 1 amide bonds. The number of anilines is 1. The number of hydrogen-bond donors (Lipinski definition) is 1. The van der Waals surface area contributed by atoms with Crippen LogP contribution in [0.2, 0.25) is 0 Å². The summed E-state index contributed by atoms with van der Waals surface area (Å²) < 4.78 is 0. The van der Waals surface area contributed by atoms with E-state index in [-0.39, 0.29) is 18.1 Å². The zero-order valence-corrected chi connectivity index (χ0v) is 8.28. The van der Waals surface area contributed by atoms with E-state index < -0.39 is 0 Å². The fourth-order valence-corrected chi connectivity index (χ4v) is 1.10. The third-order valence-electron chi connectivity index (χ3n) is 1.68. The molecule has 0 radical (unpaired) electrons. The lowest BCUT2D eigenvalue weighted by molar-refractivity contribution is -0.124. The number of nitriles is 1. The van der Waals surface area contributed by atoms with Crippen molar-refractivity contribution in [1.29, 1.82) is 5.26 Å². The van der Waals surface area contributed by atoms with E-state index >= 15 is 0 Å². The van der Waals surface area contributed by atoms with Gasteiger partial charge in [-0.15, -0.1) is 0 Å². The summed E-state index contributed by atoms with van der Waals surface area (Å²) in [5.41, 5.74) is 0.996. The van der Waals surface area contributed by atoms with Gasteiger partial charge in [0.05, 0.1) is 18.1 Å². The van der Waals surface area contributed by atoms with Crippen LogP contribution in [0, 0.1) is 11.3 Å². The van der Waals surface area contributed by atoms with Crippen LogP contribution < -0.4 is 5.32 Å². The molecular weight excluding hydrogens is 192 g/mol. The first-order valence-electron chi connectivity index (χ1n) is 4.41. The van der Waals surface area contributed by atoms with Crippen LogP contribution in [-0.2, 0) is 9.59 Å². The molecule has 0 aliphatic carbocycles. The summed E-state index contributed by atoms with van der Waals surface area (Å²) in [4.78, 5) is 21.9. The molecule has 0 heterocycles. The molecule has 0 spiro atoms. The summed E-state index contributed by atoms with van der Waals surface area (Å²) >= 11 is 0. The molecule has 1 N–H and O–H groups in total. The van der Waals surface area contributed by atoms with E-state index in [0.29, 0.717) is 11.3 Å². The average molecular weight is 202 g/mol. The molecule has 0 atom stereocenters. The largest absolute Gasteiger partial charge is 0.326 e. The molecule has 4 heteroatoms. The minimum Gasteiger partial charge on any atom is -0.326 e. The minimum atomic E-state index is -0.363. The maximum atomic E-state index is 11.2. The smallest absolute Gasteiger partial charge is 0.231 e. The Morgan fingerprint density at radius 2 is 2.20 bits per heavy atom. The number of nitrogens with zero attached hydrogens (tertiary/aromatic N) is 1. The second kappa shape index (κ2) is 4.91. The quantitative estimate of drug-likeness (QED) is 0.754. The Morgan fingerprint density at radius 1 is 1.47 bits per heavy atom. The van der Waals surface area contributed by atoms with E-state index in [1.54, 1.807) is 24.3 Å². The van der Waals surface area contributed by atoms with Crippen LogP contribution >= 0.6 is 0 Å². The fraction of sp³-hybridized carbons (Fsp3) is 0.182. The van der Waals surface area contributed by atoms with Crippen LogP contribution in [0.3, 0.4) is 0 Å². The molecule has 0 aliphatic rings. The SMILES string of the molecule is CC(=O)CC(=O)Nc1cccc(C#N)c1. The summed E-state index contributed by atoms with van der Waals surface area (Å²) in [5.74, 6) is -0.554. The number of carbonyl (C=O) groups is 2. The van der Waals surface area contributed by atoms with Gasteiger partial charge in [-0.25, -0.2) is 0 Å². The zero-order chi connectivity index (χ0) is 11.3. The molecule has 15 heavy (non-hydrogen) atoms. The van der Waals surface area contributed by atoms with Gasteiger partial charge in [-0.05, 0) is 25.1 Å². The molecule has 0 aliphatic heterocycles. The number of nitrogens with one attached hydrogen (secondary N) is 1. The van der Waals surface area contributed by atoms with Gasteiger partial charge in [-0.2, -0.15) is 5.26 Å². The Kier molecular flexibility index (Phi) is 3.58. The maximum Gasteiger partial charge on any atom is 0.231 e. The molecule has 76 valence electrons. The van der Waals surface area contributed by atoms with Gasteiger partial charge in [0.15, 0.2) is 0 Å². The van der Waals surface area contributed by atoms with Crippen molar-refractivity contribution in [2.75, 3.05) is 5.32 Å². The highest BCUT2D eigenvalue weighted by Gasteiger charge is 2.05. The van der Waals surface area contributed by atoms with E-state index in [1.165, 1.54) is 6.92 Å². The number of hydrogen-bond acceptors (Lipinski definition) is 3. The molecule has 0 saturated heterocycles. The lowest BCUT2D eigenvalue weighted by atomic mass is 10.2. The lowest BCUT2D eigenvalue weighted by Crippen LogP contribution is -2.14. The molecule has 1 rings (SSSR count). The van der Waals surface area contributed by atoms with Gasteiger partial charge in [0.2, 0.25) is 5.91 Å². The number of amides is 1. The van der Waals surface area contributed by atoms with Crippen molar-refractivity contribution in [2.24, 2.45) is 0 Å². The fourth-order valence-electron chi connectivity index (χ4n) is 1.10. The number of carbonyl (C=O) groups excluding carboxylic acids is 2. The van der Waals surface area contributed by atoms with Crippen molar-refractivity contribution in [1.82, 2.24) is 0 Å². The zero-order valence-electron chi connectivity index (χ0n) is 8.28. The van der Waals surface area contributed by atoms with Gasteiger partial charge in [-0.3, -0.25) is 9.59 Å². The van der Waals surface area contributed by atoms with Crippen molar-refractivity contribution in [3.05, 3.63) is 29.8 Å². The van der Waals surface area contributed by atoms with Crippen molar-refractivity contribution in [2.45, 2.75) is 13.3 Å². The highest BCUT2D eigenvalue weighted by atomic mass is 16.2. The average Bonchev–Trinajstić information content (AvgIpc) is 2.16. The predicted molar refractivity (Wildman–Crippen MR) is 55.1 cm³/mol. The molecule has 1 aromatic carbocycles. The van der Waals surface area contributed by atoms with Crippen molar-refractivity contribution >= 4 is 17.4 Å². The van der Waals surface area contributed by atoms with Crippen molar-refractivity contribution < 1.29 is 9.59 Å². The first-order valence-corrected chi connectivity index (χ1v) is 4.41. The second-order valence-corrected chi connectivity index (χ2v) is 3.12. The number of Topliss-reactive ketones (excluding diaryl/α,β-unsaturated/α-hetero) is 1. The van der Waals surface area contributed by atoms with E-state index in [9.17, 15) is 9.59 Å². The normalized spacial score (nSPS) is 9.07. The molecule has 1 aromatic rings. The Morgan fingerprint density at radius 3 is 2.80 bits per heavy atom. The summed E-state index contributed by atoms with van der Waals surface area (Å²) in [6.45, 7) is 1.35. The van der Waals surface area contributed by atoms with E-state index in [0.717, 1.165) is 0 Å². The standard InChI is InChI=1S/C11H10N2O2/c1-8(14)5-11(15)13-10-4-2-3-9(6-10)7-12/h2-4,6H,5H2,1H3,(H,13,15). The number of ketones is 1. The van der Waals surface area contributed by atoms with Gasteiger partial charge in [0.25, 0.3) is 0 Å². The summed E-state index contributed by atoms with van der Waals surface area (Å²) in [6.07, 6.45) is -0.142. The Balaban J connectivity index is 2.69. The highest BCUT2D eigenvalue weighted by Crippen LogP contribution is 2.09. The monoisotopic (exact) mass is 202 g/mol. The van der Waals surface area contributed by atoms with Crippen molar-refractivity contribution in [3.8, 4) is 6.07 Å². The molecule has 0 fully saturated rings. The number of benzene rings is 1. The van der Waals surface area contributed by atoms with Crippen LogP contribution in [0.5, 0.6) is 0 Å². The summed E-state index contributed by atoms with van der Waals surface area (Å²) in [6, 6.07) is 8.49. The van der Waals surface area contributed by atoms with Crippen LogP contribution in [0.25, 0.3) is 0 Å². The number of rotatable bonds is 3. The van der Waals surface area contributed by atoms with Crippen molar-refractivity contribution in [3.63, 3.8) is 0 Å². The minimum absolute atomic E-state index is 0.142. The second-order valence-electron chi connectivity index (χ2n) is 3.12. The van der Waals surface area contributed by atoms with Crippen LogP contribution in [0.15, 0.2) is 24.3 Å². The first-order chi connectivity index (χ1) is 7.11. The van der Waals surface area contributed by atoms with Gasteiger partial charge in [0.1, 0.15) is 5.78 Å². The van der Waals surface area contributed by atoms with Crippen LogP contribution in [0.1, 0.15) is 18.9 Å². The molecular formula is C11H10N2O2. The van der Waals surface area contributed by atoms with Crippen LogP contribution in [-0.4, -0.2) is 11.7 Å². The van der Waals surface area contributed by atoms with Gasteiger partial charge in [0, 0.05) is 5.69 Å². The first kappa shape index (κ1) is 10.9. The Hall–Kier alpha value is -2.15. The Labute approximate surface area is 87.5 Å². The molecule has 0 unspecified atom stereocenters. The Bertz CT molecular complexity index is 432. The van der Waals surface area contributed by atoms with E-state index in [1.807, 2.05) is 6.07 Å². The molecule has 4 nitrogen and oxygen atoms in total. The maximum absolute atomic E-state index is 11.2. The van der Waals surface area contributed by atoms with E-state index in [2.05, 4.69) is 5.32 Å². The van der Waals surface area contributed by atoms with Crippen LogP contribution in [0.4, 0.5) is 5.69 Å². The third kappa shape index (κ3) is 3.61.